The lowest BCUT2D eigenvalue weighted by Gasteiger charge is -2.09. The van der Waals surface area contributed by atoms with Crippen molar-refractivity contribution in [3.63, 3.8) is 0 Å². The monoisotopic (exact) mass is 823 g/mol. The fraction of sp³-hybridized carbons (Fsp3) is 0.143. The van der Waals surface area contributed by atoms with Crippen molar-refractivity contribution in [1.82, 2.24) is 0 Å². The van der Waals surface area contributed by atoms with Crippen molar-refractivity contribution in [3.05, 3.63) is 265 Å². The van der Waals surface area contributed by atoms with E-state index in [0.717, 1.165) is 0 Å². The lowest BCUT2D eigenvalue weighted by Crippen LogP contribution is -1.82. The van der Waals surface area contributed by atoms with Gasteiger partial charge in [0.15, 0.2) is 0 Å². The number of hydrogen-bond acceptors (Lipinski definition) is 0. The van der Waals surface area contributed by atoms with Gasteiger partial charge in [0, 0.05) is 0 Å². The molecule has 0 aliphatic carbocycles. The number of benzene rings is 11. The summed E-state index contributed by atoms with van der Waals surface area (Å²) in [7, 11) is 0. The van der Waals surface area contributed by atoms with Gasteiger partial charge in [0.25, 0.3) is 0 Å². The minimum absolute atomic E-state index is 1.25. The topological polar surface area (TPSA) is 0 Å². The molecule has 0 saturated carbocycles. The zero-order chi connectivity index (χ0) is 45.1. The summed E-state index contributed by atoms with van der Waals surface area (Å²) >= 11 is 0. The Morgan fingerprint density at radius 2 is 0.444 bits per heavy atom. The fourth-order valence-electron chi connectivity index (χ4n) is 6.67. The van der Waals surface area contributed by atoms with Crippen molar-refractivity contribution in [3.8, 4) is 0 Å². The third-order valence-electron chi connectivity index (χ3n) is 9.78. The van der Waals surface area contributed by atoms with E-state index in [2.05, 4.69) is 230 Å². The normalized spacial score (nSPS) is 9.65. The van der Waals surface area contributed by atoms with E-state index in [9.17, 15) is 0 Å². The minimum atomic E-state index is 1.25. The maximum atomic E-state index is 2.21. The van der Waals surface area contributed by atoms with Crippen molar-refractivity contribution in [2.75, 3.05) is 0 Å². The van der Waals surface area contributed by atoms with Gasteiger partial charge in [-0.05, 0) is 81.6 Å². The van der Waals surface area contributed by atoms with Crippen LogP contribution in [0.15, 0.2) is 243 Å². The van der Waals surface area contributed by atoms with Crippen molar-refractivity contribution in [2.45, 2.75) is 61.8 Å². The molecule has 0 spiro atoms. The van der Waals surface area contributed by atoms with E-state index >= 15 is 0 Å². The molecule has 318 valence electrons. The molecule has 11 aromatic carbocycles. The standard InChI is InChI=1S/C16H10.C11H10.C10H8.C8H10.C7H8.C6H6.C3H8.C2H6/c1-3-11-7-9-13-5-2-6-14-10-8-12(4-1)15(11)16(13)14;1-9-6-7-10-4-2-3-5-11(10)8-9;1-2-6-10-8-4-3-7-9(10)5-1;1-7-3-5-8(2)6-4-7;1-7-5-3-2-4-6-7;1-2-4-6-5-3-1;1-3-2;1-2/h1-10H;2-8H,1H3;1-8H;3-6H,1-2H3;2-6H,1H3;1-6H;3H2,1-2H3;1-2H3. The second-order valence-electron chi connectivity index (χ2n) is 15.2. The Bertz CT molecular complexity index is 2630. The zero-order valence-corrected chi connectivity index (χ0v) is 38.8. The van der Waals surface area contributed by atoms with Crippen molar-refractivity contribution in [1.29, 1.82) is 0 Å². The minimum Gasteiger partial charge on any atom is -0.0683 e. The summed E-state index contributed by atoms with van der Waals surface area (Å²) in [6.45, 7) is 16.6. The Balaban J connectivity index is 0.000000167. The second kappa shape index (κ2) is 27.8. The second-order valence-corrected chi connectivity index (χ2v) is 15.2. The first-order chi connectivity index (χ1) is 30.9. The molecule has 0 aromatic heterocycles. The number of rotatable bonds is 0. The molecule has 0 heterocycles. The first-order valence-electron chi connectivity index (χ1n) is 22.4. The van der Waals surface area contributed by atoms with Gasteiger partial charge in [0.2, 0.25) is 0 Å². The van der Waals surface area contributed by atoms with Gasteiger partial charge in [-0.2, -0.15) is 0 Å². The van der Waals surface area contributed by atoms with Crippen LogP contribution in [0.1, 0.15) is 56.4 Å². The molecule has 0 aliphatic heterocycles. The lowest BCUT2D eigenvalue weighted by molar-refractivity contribution is 1.09. The Labute approximate surface area is 378 Å². The van der Waals surface area contributed by atoms with Gasteiger partial charge in [0.05, 0.1) is 0 Å². The van der Waals surface area contributed by atoms with E-state index in [1.807, 2.05) is 68.4 Å². The van der Waals surface area contributed by atoms with Crippen molar-refractivity contribution >= 4 is 53.9 Å². The highest BCUT2D eigenvalue weighted by Crippen LogP contribution is 2.33. The summed E-state index contributed by atoms with van der Waals surface area (Å²) in [5, 5.41) is 13.4. The molecular formula is C63H66. The molecule has 11 aromatic rings. The maximum absolute atomic E-state index is 2.21. The highest BCUT2D eigenvalue weighted by Gasteiger charge is 2.06. The molecule has 0 amide bonds. The molecule has 0 unspecified atom stereocenters. The zero-order valence-electron chi connectivity index (χ0n) is 38.8. The van der Waals surface area contributed by atoms with Crippen LogP contribution in [0.5, 0.6) is 0 Å². The number of aryl methyl sites for hydroxylation is 4. The quantitative estimate of drug-likeness (QED) is 0.134. The Morgan fingerprint density at radius 3 is 0.762 bits per heavy atom. The largest absolute Gasteiger partial charge is 0.0683 e. The summed E-state index contributed by atoms with van der Waals surface area (Å²) in [5.74, 6) is 0. The Morgan fingerprint density at radius 1 is 0.222 bits per heavy atom. The van der Waals surface area contributed by atoms with E-state index in [-0.39, 0.29) is 0 Å². The summed E-state index contributed by atoms with van der Waals surface area (Å²) in [6, 6.07) is 84.2. The Kier molecular flexibility index (Phi) is 21.4. The highest BCUT2D eigenvalue weighted by atomic mass is 14.1. The summed E-state index contributed by atoms with van der Waals surface area (Å²) in [4.78, 5) is 0. The van der Waals surface area contributed by atoms with Crippen LogP contribution in [0.4, 0.5) is 0 Å². The highest BCUT2D eigenvalue weighted by molar-refractivity contribution is 6.22. The molecule has 0 N–H and O–H groups in total. The summed E-state index contributed by atoms with van der Waals surface area (Å²) in [5.41, 5.74) is 5.30. The predicted octanol–water partition coefficient (Wildman–Crippen LogP) is 19.0. The average molecular weight is 823 g/mol. The van der Waals surface area contributed by atoms with Crippen LogP contribution in [-0.4, -0.2) is 0 Å². The van der Waals surface area contributed by atoms with Gasteiger partial charge >= 0.3 is 0 Å². The first kappa shape index (κ1) is 48.6. The molecule has 0 radical (unpaired) electrons. The van der Waals surface area contributed by atoms with E-state index in [1.165, 1.54) is 82.5 Å². The molecule has 0 saturated heterocycles. The van der Waals surface area contributed by atoms with E-state index in [4.69, 9.17) is 0 Å². The average Bonchev–Trinajstić information content (AvgIpc) is 3.34. The lowest BCUT2D eigenvalue weighted by atomic mass is 9.95. The molecule has 0 aliphatic rings. The molecule has 11 rings (SSSR count). The van der Waals surface area contributed by atoms with E-state index in [1.54, 1.807) is 0 Å². The molecule has 0 bridgehead atoms. The molecular weight excluding hydrogens is 757 g/mol. The SMILES string of the molecule is CC.CCC.Cc1ccc(C)cc1.Cc1ccc2ccccc2c1.Cc1ccccc1.c1cc2ccc3cccc4ccc(c1)c2c34.c1ccc2ccccc2c1.c1ccccc1. The van der Waals surface area contributed by atoms with Crippen LogP contribution in [0.2, 0.25) is 0 Å². The Hall–Kier alpha value is -7.02. The van der Waals surface area contributed by atoms with Gasteiger partial charge in [-0.25, -0.2) is 0 Å². The smallest absolute Gasteiger partial charge is 0.00268 e. The van der Waals surface area contributed by atoms with Crippen LogP contribution >= 0.6 is 0 Å². The molecule has 0 heteroatoms. The van der Waals surface area contributed by atoms with Crippen LogP contribution in [0.3, 0.4) is 0 Å². The van der Waals surface area contributed by atoms with Crippen LogP contribution in [0.25, 0.3) is 53.9 Å². The van der Waals surface area contributed by atoms with Gasteiger partial charge in [-0.15, -0.1) is 0 Å². The maximum Gasteiger partial charge on any atom is -0.00268 e. The van der Waals surface area contributed by atoms with E-state index < -0.39 is 0 Å². The summed E-state index contributed by atoms with van der Waals surface area (Å²) in [6.07, 6.45) is 1.25. The van der Waals surface area contributed by atoms with Crippen LogP contribution < -0.4 is 0 Å². The van der Waals surface area contributed by atoms with Crippen molar-refractivity contribution in [2.24, 2.45) is 0 Å². The van der Waals surface area contributed by atoms with Crippen LogP contribution in [-0.2, 0) is 0 Å². The third kappa shape index (κ3) is 16.4. The first-order valence-corrected chi connectivity index (χ1v) is 22.4. The van der Waals surface area contributed by atoms with Gasteiger partial charge in [0.1, 0.15) is 0 Å². The van der Waals surface area contributed by atoms with E-state index in [0.29, 0.717) is 0 Å². The fourth-order valence-corrected chi connectivity index (χ4v) is 6.67. The van der Waals surface area contributed by atoms with Crippen molar-refractivity contribution < 1.29 is 0 Å². The molecule has 0 atom stereocenters. The predicted molar refractivity (Wildman–Crippen MR) is 284 cm³/mol. The van der Waals surface area contributed by atoms with Crippen LogP contribution in [0, 0.1) is 27.7 Å². The number of fused-ring (bicyclic) bond motifs is 2. The van der Waals surface area contributed by atoms with Gasteiger partial charge in [-0.3, -0.25) is 0 Å². The number of hydrogen-bond donors (Lipinski definition) is 0. The van der Waals surface area contributed by atoms with Gasteiger partial charge in [-0.1, -0.05) is 299 Å². The molecule has 63 heavy (non-hydrogen) atoms. The van der Waals surface area contributed by atoms with Gasteiger partial charge < -0.3 is 0 Å². The third-order valence-corrected chi connectivity index (χ3v) is 9.78. The summed E-state index contributed by atoms with van der Waals surface area (Å²) < 4.78 is 0. The molecule has 0 fully saturated rings. The molecule has 0 nitrogen and oxygen atoms in total.